The van der Waals surface area contributed by atoms with Crippen molar-refractivity contribution < 1.29 is 26.3 Å². The second kappa shape index (κ2) is 6.15. The van der Waals surface area contributed by atoms with Crippen LogP contribution >= 0.6 is 0 Å². The van der Waals surface area contributed by atoms with E-state index in [-0.39, 0.29) is 0 Å². The Labute approximate surface area is 90.3 Å². The van der Waals surface area contributed by atoms with Crippen molar-refractivity contribution in [2.45, 2.75) is 45.0 Å². The Kier molecular flexibility index (Phi) is 5.89. The van der Waals surface area contributed by atoms with Crippen LogP contribution in [0.3, 0.4) is 0 Å². The molecule has 0 spiro atoms. The van der Waals surface area contributed by atoms with Crippen LogP contribution in [-0.2, 0) is 0 Å². The zero-order valence-electron chi connectivity index (χ0n) is 8.83. The average Bonchev–Trinajstić information content (AvgIpc) is 2.06. The van der Waals surface area contributed by atoms with E-state index in [4.69, 9.17) is 0 Å². The van der Waals surface area contributed by atoms with Gasteiger partial charge in [-0.15, -0.1) is 0 Å². The van der Waals surface area contributed by atoms with Gasteiger partial charge in [0.25, 0.3) is 0 Å². The molecule has 0 heterocycles. The molecule has 0 nitrogen and oxygen atoms in total. The fraction of sp³-hybridized carbons (Fsp3) is 0.800. The summed E-state index contributed by atoms with van der Waals surface area (Å²) in [4.78, 5) is 0. The molecule has 0 saturated heterocycles. The molecular formula is C10H14F6. The Morgan fingerprint density at radius 2 is 1.44 bits per heavy atom. The van der Waals surface area contributed by atoms with Crippen LogP contribution in [0.2, 0.25) is 0 Å². The first-order valence-electron chi connectivity index (χ1n) is 4.98. The van der Waals surface area contributed by atoms with E-state index in [9.17, 15) is 26.3 Å². The number of hydrogen-bond acceptors (Lipinski definition) is 0. The predicted octanol–water partition coefficient (Wildman–Crippen LogP) is 4.86. The Balaban J connectivity index is 4.31. The molecule has 0 aromatic rings. The summed E-state index contributed by atoms with van der Waals surface area (Å²) in [5.41, 5.74) is 0. The number of hydrogen-bond donors (Lipinski definition) is 0. The molecule has 6 heteroatoms. The van der Waals surface area contributed by atoms with Gasteiger partial charge >= 0.3 is 12.4 Å². The minimum atomic E-state index is -5.23. The van der Waals surface area contributed by atoms with Gasteiger partial charge in [-0.3, -0.25) is 0 Å². The van der Waals surface area contributed by atoms with Crippen molar-refractivity contribution >= 4 is 0 Å². The Bertz CT molecular complexity index is 198. The highest BCUT2D eigenvalue weighted by molar-refractivity contribution is 4.88. The molecule has 0 aliphatic carbocycles. The highest BCUT2D eigenvalue weighted by atomic mass is 19.4. The van der Waals surface area contributed by atoms with Gasteiger partial charge in [-0.25, -0.2) is 0 Å². The van der Waals surface area contributed by atoms with Crippen molar-refractivity contribution in [1.29, 1.82) is 0 Å². The molecule has 0 aliphatic heterocycles. The lowest BCUT2D eigenvalue weighted by atomic mass is 10.0. The number of alkyl halides is 6. The topological polar surface area (TPSA) is 0 Å². The van der Waals surface area contributed by atoms with E-state index >= 15 is 0 Å². The molecule has 16 heavy (non-hydrogen) atoms. The van der Waals surface area contributed by atoms with Gasteiger partial charge in [0.15, 0.2) is 5.92 Å². The molecule has 0 fully saturated rings. The first-order chi connectivity index (χ1) is 7.19. The van der Waals surface area contributed by atoms with Crippen molar-refractivity contribution in [3.63, 3.8) is 0 Å². The van der Waals surface area contributed by atoms with Crippen molar-refractivity contribution in [2.75, 3.05) is 0 Å². The third-order valence-electron chi connectivity index (χ3n) is 2.05. The van der Waals surface area contributed by atoms with Gasteiger partial charge in [-0.05, 0) is 12.8 Å². The monoisotopic (exact) mass is 248 g/mol. The molecule has 0 rings (SSSR count). The lowest BCUT2D eigenvalue weighted by Crippen LogP contribution is -2.35. The van der Waals surface area contributed by atoms with Crippen LogP contribution in [0, 0.1) is 5.92 Å². The predicted molar refractivity (Wildman–Crippen MR) is 48.9 cm³/mol. The van der Waals surface area contributed by atoms with Crippen LogP contribution in [0.15, 0.2) is 12.2 Å². The minimum absolute atomic E-state index is 0.513. The lowest BCUT2D eigenvalue weighted by Gasteiger charge is -2.21. The Morgan fingerprint density at radius 3 is 1.81 bits per heavy atom. The van der Waals surface area contributed by atoms with Crippen molar-refractivity contribution in [3.8, 4) is 0 Å². The van der Waals surface area contributed by atoms with Gasteiger partial charge in [0.2, 0.25) is 0 Å². The van der Waals surface area contributed by atoms with E-state index in [2.05, 4.69) is 0 Å². The summed E-state index contributed by atoms with van der Waals surface area (Å²) in [6.07, 6.45) is -7.03. The van der Waals surface area contributed by atoms with Crippen LogP contribution in [0.1, 0.15) is 32.6 Å². The third kappa shape index (κ3) is 6.02. The number of unbranched alkanes of at least 4 members (excludes halogenated alkanes) is 2. The minimum Gasteiger partial charge on any atom is -0.170 e. The van der Waals surface area contributed by atoms with Crippen LogP contribution in [0.5, 0.6) is 0 Å². The van der Waals surface area contributed by atoms with E-state index in [0.29, 0.717) is 6.42 Å². The van der Waals surface area contributed by atoms with Gasteiger partial charge in [-0.1, -0.05) is 31.9 Å². The molecule has 0 N–H and O–H groups in total. The molecule has 0 amide bonds. The molecule has 0 atom stereocenters. The average molecular weight is 248 g/mol. The summed E-state index contributed by atoms with van der Waals surface area (Å²) in [5.74, 6) is -3.25. The smallest absolute Gasteiger partial charge is 0.170 e. The van der Waals surface area contributed by atoms with Crippen molar-refractivity contribution in [2.24, 2.45) is 5.92 Å². The molecule has 0 radical (unpaired) electrons. The second-order valence-corrected chi connectivity index (χ2v) is 3.49. The number of allylic oxidation sites excluding steroid dienone is 2. The summed E-state index contributed by atoms with van der Waals surface area (Å²) < 4.78 is 72.2. The highest BCUT2D eigenvalue weighted by Gasteiger charge is 2.55. The van der Waals surface area contributed by atoms with E-state index in [1.165, 1.54) is 6.08 Å². The van der Waals surface area contributed by atoms with Gasteiger partial charge in [0.1, 0.15) is 0 Å². The number of rotatable bonds is 5. The fourth-order valence-electron chi connectivity index (χ4n) is 1.12. The molecule has 0 unspecified atom stereocenters. The van der Waals surface area contributed by atoms with Crippen molar-refractivity contribution in [1.82, 2.24) is 0 Å². The molecule has 0 aliphatic rings. The van der Waals surface area contributed by atoms with Crippen LogP contribution in [0.4, 0.5) is 26.3 Å². The summed E-state index contributed by atoms with van der Waals surface area (Å²) in [5, 5.41) is 0. The van der Waals surface area contributed by atoms with Crippen LogP contribution < -0.4 is 0 Å². The quantitative estimate of drug-likeness (QED) is 0.370. The first kappa shape index (κ1) is 15.3. The van der Waals surface area contributed by atoms with E-state index < -0.39 is 24.7 Å². The largest absolute Gasteiger partial charge is 0.400 e. The first-order valence-corrected chi connectivity index (χ1v) is 4.98. The van der Waals surface area contributed by atoms with E-state index in [1.807, 2.05) is 6.92 Å². The van der Waals surface area contributed by atoms with Gasteiger partial charge in [-0.2, -0.15) is 26.3 Å². The third-order valence-corrected chi connectivity index (χ3v) is 2.05. The van der Waals surface area contributed by atoms with Gasteiger partial charge < -0.3 is 0 Å². The highest BCUT2D eigenvalue weighted by Crippen LogP contribution is 2.41. The lowest BCUT2D eigenvalue weighted by molar-refractivity contribution is -0.282. The summed E-state index contributed by atoms with van der Waals surface area (Å²) >= 11 is 0. The maximum Gasteiger partial charge on any atom is 0.400 e. The zero-order valence-corrected chi connectivity index (χ0v) is 8.83. The normalized spacial score (nSPS) is 14.0. The van der Waals surface area contributed by atoms with Crippen LogP contribution in [0.25, 0.3) is 0 Å². The van der Waals surface area contributed by atoms with Gasteiger partial charge in [0, 0.05) is 0 Å². The molecule has 0 bridgehead atoms. The molecule has 0 aromatic heterocycles. The number of halogens is 6. The fourth-order valence-corrected chi connectivity index (χ4v) is 1.12. The van der Waals surface area contributed by atoms with Gasteiger partial charge in [0.05, 0.1) is 0 Å². The van der Waals surface area contributed by atoms with E-state index in [0.717, 1.165) is 18.9 Å². The molecule has 0 aromatic carbocycles. The van der Waals surface area contributed by atoms with E-state index in [1.54, 1.807) is 0 Å². The maximum absolute atomic E-state index is 12.0. The maximum atomic E-state index is 12.0. The summed E-state index contributed by atoms with van der Waals surface area (Å²) in [7, 11) is 0. The van der Waals surface area contributed by atoms with Crippen molar-refractivity contribution in [3.05, 3.63) is 12.2 Å². The molecular weight excluding hydrogens is 234 g/mol. The summed E-state index contributed by atoms with van der Waals surface area (Å²) in [6.45, 7) is 1.89. The Hall–Kier alpha value is -0.680. The second-order valence-electron chi connectivity index (χ2n) is 3.49. The Morgan fingerprint density at radius 1 is 0.938 bits per heavy atom. The van der Waals surface area contributed by atoms with Crippen LogP contribution in [-0.4, -0.2) is 12.4 Å². The summed E-state index contributed by atoms with van der Waals surface area (Å²) in [6, 6.07) is 0. The zero-order chi connectivity index (χ0) is 12.8. The standard InChI is InChI=1S/C10H14F6/c1-2-3-4-5-6-7-8(9(11,12)13)10(14,15)16/h5-6,8H,2-4,7H2,1H3/b6-5+. The molecule has 0 saturated carbocycles. The molecule has 96 valence electrons. The SMILES string of the molecule is CCCC/C=C/CC(C(F)(F)F)C(F)(F)F.